The number of rotatable bonds is 5. The highest BCUT2D eigenvalue weighted by molar-refractivity contribution is 7.14. The summed E-state index contributed by atoms with van der Waals surface area (Å²) in [4.78, 5) is 0. The smallest absolute Gasteiger partial charge is 0.147 e. The van der Waals surface area contributed by atoms with Crippen molar-refractivity contribution in [2.24, 2.45) is 0 Å². The minimum absolute atomic E-state index is 0.756. The lowest BCUT2D eigenvalue weighted by Crippen LogP contribution is -2.19. The Bertz CT molecular complexity index is 578. The summed E-state index contributed by atoms with van der Waals surface area (Å²) in [5, 5.41) is 14.9. The van der Waals surface area contributed by atoms with Gasteiger partial charge < -0.3 is 5.32 Å². The number of aromatic nitrogens is 2. The molecule has 1 aromatic carbocycles. The average Bonchev–Trinajstić information content (AvgIpc) is 3.10. The summed E-state index contributed by atoms with van der Waals surface area (Å²) >= 11 is 7.70. The average molecular weight is 294 g/mol. The molecule has 5 heteroatoms. The maximum Gasteiger partial charge on any atom is 0.147 e. The molecule has 0 spiro atoms. The zero-order valence-electron chi connectivity index (χ0n) is 10.8. The van der Waals surface area contributed by atoms with E-state index < -0.39 is 0 Å². The first-order chi connectivity index (χ1) is 9.22. The van der Waals surface area contributed by atoms with Gasteiger partial charge in [-0.2, -0.15) is 0 Å². The van der Waals surface area contributed by atoms with Crippen molar-refractivity contribution in [2.75, 3.05) is 6.54 Å². The van der Waals surface area contributed by atoms with Gasteiger partial charge in [0.05, 0.1) is 0 Å². The lowest BCUT2D eigenvalue weighted by Gasteiger charge is -2.00. The summed E-state index contributed by atoms with van der Waals surface area (Å²) in [7, 11) is 0. The van der Waals surface area contributed by atoms with Crippen molar-refractivity contribution in [1.82, 2.24) is 15.5 Å². The Balaban J connectivity index is 1.67. The van der Waals surface area contributed by atoms with Crippen LogP contribution in [0.25, 0.3) is 10.6 Å². The topological polar surface area (TPSA) is 37.8 Å². The van der Waals surface area contributed by atoms with Gasteiger partial charge in [0.2, 0.25) is 0 Å². The van der Waals surface area contributed by atoms with Gasteiger partial charge in [-0.1, -0.05) is 29.0 Å². The number of nitrogens with zero attached hydrogens (tertiary/aromatic N) is 2. The maximum absolute atomic E-state index is 6.04. The Morgan fingerprint density at radius 1 is 1.37 bits per heavy atom. The fourth-order valence-electron chi connectivity index (χ4n) is 1.92. The van der Waals surface area contributed by atoms with Crippen LogP contribution in [-0.2, 0) is 6.42 Å². The maximum atomic E-state index is 6.04. The fraction of sp³-hybridized carbons (Fsp3) is 0.429. The summed E-state index contributed by atoms with van der Waals surface area (Å²) in [5.74, 6) is 0. The van der Waals surface area contributed by atoms with Gasteiger partial charge >= 0.3 is 0 Å². The minimum Gasteiger partial charge on any atom is -0.314 e. The second-order valence-electron chi connectivity index (χ2n) is 4.94. The van der Waals surface area contributed by atoms with Gasteiger partial charge in [0.25, 0.3) is 0 Å². The van der Waals surface area contributed by atoms with E-state index in [0.29, 0.717) is 0 Å². The largest absolute Gasteiger partial charge is 0.314 e. The molecule has 2 aromatic rings. The third kappa shape index (κ3) is 3.32. The third-order valence-corrected chi connectivity index (χ3v) is 4.68. The predicted octanol–water partition coefficient (Wildman–Crippen LogP) is 3.46. The van der Waals surface area contributed by atoms with Crippen molar-refractivity contribution < 1.29 is 0 Å². The summed E-state index contributed by atoms with van der Waals surface area (Å²) in [5.41, 5.74) is 2.17. The monoisotopic (exact) mass is 293 g/mol. The van der Waals surface area contributed by atoms with E-state index in [1.807, 2.05) is 19.1 Å². The van der Waals surface area contributed by atoms with Crippen molar-refractivity contribution in [3.8, 4) is 10.6 Å². The molecule has 3 rings (SSSR count). The Kier molecular flexibility index (Phi) is 3.82. The molecule has 1 aromatic heterocycles. The standard InChI is InChI=1S/C14H16ClN3S/c1-9-8-10(2-5-12(9)15)14-18-17-13(19-14)6-7-16-11-3-4-11/h2,5,8,11,16H,3-4,6-7H2,1H3. The Labute approximate surface area is 122 Å². The van der Waals surface area contributed by atoms with E-state index in [4.69, 9.17) is 11.6 Å². The van der Waals surface area contributed by atoms with Gasteiger partial charge in [-0.25, -0.2) is 0 Å². The lowest BCUT2D eigenvalue weighted by molar-refractivity contribution is 0.677. The molecule has 100 valence electrons. The number of hydrogen-bond donors (Lipinski definition) is 1. The molecule has 1 aliphatic rings. The summed E-state index contributed by atoms with van der Waals surface area (Å²) in [6, 6.07) is 6.74. The number of aryl methyl sites for hydroxylation is 1. The molecule has 0 aliphatic heterocycles. The number of nitrogens with one attached hydrogen (secondary N) is 1. The first-order valence-electron chi connectivity index (χ1n) is 6.54. The minimum atomic E-state index is 0.756. The Morgan fingerprint density at radius 3 is 2.95 bits per heavy atom. The molecule has 1 fully saturated rings. The fourth-order valence-corrected chi connectivity index (χ4v) is 2.87. The molecular formula is C14H16ClN3S. The van der Waals surface area contributed by atoms with Crippen molar-refractivity contribution in [3.63, 3.8) is 0 Å². The van der Waals surface area contributed by atoms with Crippen LogP contribution in [0.1, 0.15) is 23.4 Å². The summed E-state index contributed by atoms with van der Waals surface area (Å²) in [6.45, 7) is 3.01. The quantitative estimate of drug-likeness (QED) is 0.917. The van der Waals surface area contributed by atoms with E-state index in [-0.39, 0.29) is 0 Å². The van der Waals surface area contributed by atoms with Gasteiger partial charge in [-0.15, -0.1) is 10.2 Å². The van der Waals surface area contributed by atoms with Crippen LogP contribution in [0, 0.1) is 6.92 Å². The number of hydrogen-bond acceptors (Lipinski definition) is 4. The molecule has 3 nitrogen and oxygen atoms in total. The van der Waals surface area contributed by atoms with E-state index in [1.165, 1.54) is 12.8 Å². The summed E-state index contributed by atoms with van der Waals surface area (Å²) < 4.78 is 0. The predicted molar refractivity (Wildman–Crippen MR) is 79.8 cm³/mol. The molecule has 0 saturated heterocycles. The Morgan fingerprint density at radius 2 is 2.21 bits per heavy atom. The normalized spacial score (nSPS) is 14.8. The molecule has 1 aliphatic carbocycles. The van der Waals surface area contributed by atoms with Gasteiger partial charge in [-0.3, -0.25) is 0 Å². The van der Waals surface area contributed by atoms with Crippen LogP contribution in [0.15, 0.2) is 18.2 Å². The second-order valence-corrected chi connectivity index (χ2v) is 6.41. The molecule has 19 heavy (non-hydrogen) atoms. The van der Waals surface area contributed by atoms with Gasteiger partial charge in [-0.05, 0) is 37.5 Å². The summed E-state index contributed by atoms with van der Waals surface area (Å²) in [6.07, 6.45) is 3.61. The van der Waals surface area contributed by atoms with Crippen LogP contribution < -0.4 is 5.32 Å². The van der Waals surface area contributed by atoms with Crippen molar-refractivity contribution in [2.45, 2.75) is 32.2 Å². The lowest BCUT2D eigenvalue weighted by atomic mass is 10.1. The zero-order valence-corrected chi connectivity index (χ0v) is 12.4. The van der Waals surface area contributed by atoms with Crippen LogP contribution in [0.2, 0.25) is 5.02 Å². The molecule has 0 unspecified atom stereocenters. The van der Waals surface area contributed by atoms with Crippen molar-refractivity contribution >= 4 is 22.9 Å². The van der Waals surface area contributed by atoms with Crippen LogP contribution in [0.3, 0.4) is 0 Å². The van der Waals surface area contributed by atoms with Crippen LogP contribution in [0.4, 0.5) is 0 Å². The Hall–Kier alpha value is -0.970. The molecule has 0 atom stereocenters. The third-order valence-electron chi connectivity index (χ3n) is 3.22. The highest BCUT2D eigenvalue weighted by atomic mass is 35.5. The van der Waals surface area contributed by atoms with E-state index >= 15 is 0 Å². The second kappa shape index (κ2) is 5.57. The molecule has 0 amide bonds. The number of halogens is 1. The van der Waals surface area contributed by atoms with E-state index in [0.717, 1.165) is 45.2 Å². The van der Waals surface area contributed by atoms with E-state index in [2.05, 4.69) is 21.6 Å². The van der Waals surface area contributed by atoms with E-state index in [9.17, 15) is 0 Å². The molecule has 1 saturated carbocycles. The van der Waals surface area contributed by atoms with Crippen LogP contribution in [0.5, 0.6) is 0 Å². The van der Waals surface area contributed by atoms with Gasteiger partial charge in [0.15, 0.2) is 0 Å². The first kappa shape index (κ1) is 13.0. The molecular weight excluding hydrogens is 278 g/mol. The van der Waals surface area contributed by atoms with Gasteiger partial charge in [0.1, 0.15) is 10.0 Å². The first-order valence-corrected chi connectivity index (χ1v) is 7.74. The molecule has 1 N–H and O–H groups in total. The molecule has 0 radical (unpaired) electrons. The SMILES string of the molecule is Cc1cc(-c2nnc(CCNC3CC3)s2)ccc1Cl. The molecule has 1 heterocycles. The van der Waals surface area contributed by atoms with Crippen LogP contribution in [-0.4, -0.2) is 22.8 Å². The van der Waals surface area contributed by atoms with Crippen LogP contribution >= 0.6 is 22.9 Å². The highest BCUT2D eigenvalue weighted by Gasteiger charge is 2.19. The van der Waals surface area contributed by atoms with E-state index in [1.54, 1.807) is 11.3 Å². The highest BCUT2D eigenvalue weighted by Crippen LogP contribution is 2.27. The van der Waals surface area contributed by atoms with Gasteiger partial charge in [0, 0.05) is 29.6 Å². The molecule has 0 bridgehead atoms. The van der Waals surface area contributed by atoms with Crippen molar-refractivity contribution in [1.29, 1.82) is 0 Å². The number of benzene rings is 1. The zero-order chi connectivity index (χ0) is 13.2. The van der Waals surface area contributed by atoms with Crippen molar-refractivity contribution in [3.05, 3.63) is 33.8 Å².